The molecule has 0 saturated carbocycles. The smallest absolute Gasteiger partial charge is 0.164 e. The fourth-order valence-electron chi connectivity index (χ4n) is 1.60. The normalized spacial score (nSPS) is 9.38. The van der Waals surface area contributed by atoms with Crippen LogP contribution in [-0.4, -0.2) is 12.3 Å². The van der Waals surface area contributed by atoms with Crippen LogP contribution in [0.25, 0.3) is 0 Å². The van der Waals surface area contributed by atoms with E-state index in [1.54, 1.807) is 6.92 Å². The molecule has 2 nitrogen and oxygen atoms in total. The van der Waals surface area contributed by atoms with Crippen molar-refractivity contribution in [2.45, 2.75) is 26.2 Å². The van der Waals surface area contributed by atoms with Gasteiger partial charge in [0.1, 0.15) is 0 Å². The maximum Gasteiger partial charge on any atom is 0.164 e. The summed E-state index contributed by atoms with van der Waals surface area (Å²) in [5, 5.41) is 0. The second-order valence-electron chi connectivity index (χ2n) is 3.55. The van der Waals surface area contributed by atoms with Gasteiger partial charge in [0.05, 0.1) is 0 Å². The highest BCUT2D eigenvalue weighted by molar-refractivity contribution is 5.97. The molecule has 0 spiro atoms. The predicted octanol–water partition coefficient (Wildman–Crippen LogP) is 2.17. The minimum Gasteiger partial charge on any atom is -0.330 e. The van der Waals surface area contributed by atoms with Crippen LogP contribution in [0.3, 0.4) is 0 Å². The third-order valence-corrected chi connectivity index (χ3v) is 2.39. The first-order valence-corrected chi connectivity index (χ1v) is 5.50. The number of ketones is 1. The van der Waals surface area contributed by atoms with E-state index >= 15 is 0 Å². The molecule has 0 aliphatic carbocycles. The van der Waals surface area contributed by atoms with Crippen molar-refractivity contribution in [3.8, 4) is 11.8 Å². The lowest BCUT2D eigenvalue weighted by Crippen LogP contribution is -2.08. The molecule has 0 amide bonds. The standard InChI is InChI=1S/C14H17NO/c1-2-3-4-9-14(16)13-8-6-5-7-12(13)10-11-15/h5-8H,4,9-11,15H2,1H3. The summed E-state index contributed by atoms with van der Waals surface area (Å²) in [6.07, 6.45) is 1.87. The Morgan fingerprint density at radius 2 is 2.12 bits per heavy atom. The summed E-state index contributed by atoms with van der Waals surface area (Å²) in [6.45, 7) is 2.35. The first-order chi connectivity index (χ1) is 7.79. The van der Waals surface area contributed by atoms with E-state index in [0.29, 0.717) is 19.4 Å². The van der Waals surface area contributed by atoms with E-state index in [-0.39, 0.29) is 5.78 Å². The van der Waals surface area contributed by atoms with E-state index in [9.17, 15) is 4.79 Å². The minimum absolute atomic E-state index is 0.159. The number of hydrogen-bond acceptors (Lipinski definition) is 2. The zero-order valence-corrected chi connectivity index (χ0v) is 9.62. The van der Waals surface area contributed by atoms with Crippen molar-refractivity contribution in [3.05, 3.63) is 35.4 Å². The topological polar surface area (TPSA) is 43.1 Å². The maximum atomic E-state index is 11.9. The molecule has 0 heterocycles. The number of carbonyl (C=O) groups excluding carboxylic acids is 1. The van der Waals surface area contributed by atoms with E-state index in [1.165, 1.54) is 0 Å². The van der Waals surface area contributed by atoms with Crippen LogP contribution < -0.4 is 5.73 Å². The molecule has 0 bridgehead atoms. The fraction of sp³-hybridized carbons (Fsp3) is 0.357. The van der Waals surface area contributed by atoms with Crippen LogP contribution in [0.5, 0.6) is 0 Å². The Hall–Kier alpha value is -1.59. The Morgan fingerprint density at radius 3 is 2.81 bits per heavy atom. The molecule has 1 aromatic rings. The highest BCUT2D eigenvalue weighted by atomic mass is 16.1. The molecule has 0 aliphatic rings. The summed E-state index contributed by atoms with van der Waals surface area (Å²) in [6, 6.07) is 7.66. The Morgan fingerprint density at radius 1 is 1.38 bits per heavy atom. The number of hydrogen-bond donors (Lipinski definition) is 1. The van der Waals surface area contributed by atoms with Crippen molar-refractivity contribution in [2.75, 3.05) is 6.54 Å². The van der Waals surface area contributed by atoms with Crippen LogP contribution in [0.1, 0.15) is 35.7 Å². The van der Waals surface area contributed by atoms with Gasteiger partial charge >= 0.3 is 0 Å². The molecule has 0 fully saturated rings. The SMILES string of the molecule is CC#CCCC(=O)c1ccccc1CCN. The number of benzene rings is 1. The van der Waals surface area contributed by atoms with Gasteiger partial charge in [-0.2, -0.15) is 0 Å². The van der Waals surface area contributed by atoms with Gasteiger partial charge in [-0.3, -0.25) is 4.79 Å². The zero-order valence-electron chi connectivity index (χ0n) is 9.62. The van der Waals surface area contributed by atoms with Crippen molar-refractivity contribution in [1.29, 1.82) is 0 Å². The molecular weight excluding hydrogens is 198 g/mol. The van der Waals surface area contributed by atoms with Crippen molar-refractivity contribution in [2.24, 2.45) is 5.73 Å². The lowest BCUT2D eigenvalue weighted by atomic mass is 9.98. The summed E-state index contributed by atoms with van der Waals surface area (Å²) < 4.78 is 0. The molecule has 2 heteroatoms. The summed E-state index contributed by atoms with van der Waals surface area (Å²) in [5.41, 5.74) is 7.36. The molecule has 0 aliphatic heterocycles. The Kier molecular flexibility index (Phi) is 5.31. The van der Waals surface area contributed by atoms with Gasteiger partial charge in [0.2, 0.25) is 0 Å². The van der Waals surface area contributed by atoms with Gasteiger partial charge in [0.15, 0.2) is 5.78 Å². The molecule has 2 N–H and O–H groups in total. The number of carbonyl (C=O) groups is 1. The largest absolute Gasteiger partial charge is 0.330 e. The van der Waals surface area contributed by atoms with Crippen LogP contribution in [0.2, 0.25) is 0 Å². The van der Waals surface area contributed by atoms with Crippen molar-refractivity contribution >= 4 is 5.78 Å². The Bertz CT molecular complexity index is 412. The molecule has 0 atom stereocenters. The summed E-state index contributed by atoms with van der Waals surface area (Å²) in [4.78, 5) is 11.9. The van der Waals surface area contributed by atoms with Crippen molar-refractivity contribution < 1.29 is 4.79 Å². The fourth-order valence-corrected chi connectivity index (χ4v) is 1.60. The molecule has 84 valence electrons. The zero-order chi connectivity index (χ0) is 11.8. The first-order valence-electron chi connectivity index (χ1n) is 5.50. The molecule has 0 radical (unpaired) electrons. The van der Waals surface area contributed by atoms with Crippen LogP contribution in [-0.2, 0) is 6.42 Å². The molecule has 0 aromatic heterocycles. The number of rotatable bonds is 5. The molecule has 0 unspecified atom stereocenters. The van der Waals surface area contributed by atoms with E-state index in [1.807, 2.05) is 24.3 Å². The Labute approximate surface area is 96.9 Å². The molecule has 1 rings (SSSR count). The first kappa shape index (κ1) is 12.5. The predicted molar refractivity (Wildman–Crippen MR) is 66.2 cm³/mol. The van der Waals surface area contributed by atoms with E-state index in [2.05, 4.69) is 11.8 Å². The van der Waals surface area contributed by atoms with Crippen molar-refractivity contribution in [1.82, 2.24) is 0 Å². The highest BCUT2D eigenvalue weighted by Crippen LogP contribution is 2.12. The second-order valence-corrected chi connectivity index (χ2v) is 3.55. The van der Waals surface area contributed by atoms with E-state index < -0.39 is 0 Å². The Balaban J connectivity index is 2.76. The highest BCUT2D eigenvalue weighted by Gasteiger charge is 2.09. The van der Waals surface area contributed by atoms with E-state index in [4.69, 9.17) is 5.73 Å². The summed E-state index contributed by atoms with van der Waals surface area (Å²) in [7, 11) is 0. The average Bonchev–Trinajstić information content (AvgIpc) is 2.30. The molecule has 16 heavy (non-hydrogen) atoms. The van der Waals surface area contributed by atoms with Gasteiger partial charge in [-0.1, -0.05) is 24.3 Å². The number of Topliss-reactive ketones (excluding diaryl/α,β-unsaturated/α-hetero) is 1. The van der Waals surface area contributed by atoms with Crippen LogP contribution in [0.4, 0.5) is 0 Å². The van der Waals surface area contributed by atoms with Gasteiger partial charge in [-0.05, 0) is 25.5 Å². The monoisotopic (exact) mass is 215 g/mol. The lowest BCUT2D eigenvalue weighted by molar-refractivity contribution is 0.0983. The van der Waals surface area contributed by atoms with Crippen molar-refractivity contribution in [3.63, 3.8) is 0 Å². The summed E-state index contributed by atoms with van der Waals surface area (Å²) >= 11 is 0. The van der Waals surface area contributed by atoms with Gasteiger partial charge in [0, 0.05) is 18.4 Å². The van der Waals surface area contributed by atoms with Gasteiger partial charge in [0.25, 0.3) is 0 Å². The molecular formula is C14H17NO. The lowest BCUT2D eigenvalue weighted by Gasteiger charge is -2.06. The average molecular weight is 215 g/mol. The van der Waals surface area contributed by atoms with Gasteiger partial charge < -0.3 is 5.73 Å². The third-order valence-electron chi connectivity index (χ3n) is 2.39. The summed E-state index contributed by atoms with van der Waals surface area (Å²) in [5.74, 6) is 5.86. The second kappa shape index (κ2) is 6.81. The van der Waals surface area contributed by atoms with Crippen LogP contribution >= 0.6 is 0 Å². The maximum absolute atomic E-state index is 11.9. The quantitative estimate of drug-likeness (QED) is 0.604. The minimum atomic E-state index is 0.159. The molecule has 1 aromatic carbocycles. The third kappa shape index (κ3) is 3.52. The van der Waals surface area contributed by atoms with Crippen LogP contribution in [0.15, 0.2) is 24.3 Å². The molecule has 0 saturated heterocycles. The van der Waals surface area contributed by atoms with E-state index in [0.717, 1.165) is 17.5 Å². The van der Waals surface area contributed by atoms with Gasteiger partial charge in [-0.15, -0.1) is 11.8 Å². The van der Waals surface area contributed by atoms with Gasteiger partial charge in [-0.25, -0.2) is 0 Å². The number of nitrogens with two attached hydrogens (primary N) is 1. The van der Waals surface area contributed by atoms with Crippen LogP contribution in [0, 0.1) is 11.8 Å².